The monoisotopic (exact) mass is 280 g/mol. The van der Waals surface area contributed by atoms with E-state index in [2.05, 4.69) is 0 Å². The minimum absolute atomic E-state index is 0.462. The number of methoxy groups -OCH3 is 1. The van der Waals surface area contributed by atoms with Crippen molar-refractivity contribution in [3.63, 3.8) is 0 Å². The normalized spacial score (nSPS) is 28.6. The van der Waals surface area contributed by atoms with Gasteiger partial charge in [-0.3, -0.25) is 0 Å². The minimum atomic E-state index is 0.462. The molecule has 2 saturated carbocycles. The maximum atomic E-state index is 6.08. The van der Waals surface area contributed by atoms with Gasteiger partial charge in [0.05, 0.1) is 19.6 Å². The lowest BCUT2D eigenvalue weighted by atomic mass is 9.89. The third kappa shape index (κ3) is 2.55. The molecule has 0 heterocycles. The van der Waals surface area contributed by atoms with Gasteiger partial charge in [0.2, 0.25) is 0 Å². The quantitative estimate of drug-likeness (QED) is 0.751. The average molecular weight is 281 g/mol. The molecule has 2 aliphatic carbocycles. The minimum Gasteiger partial charge on any atom is -0.493 e. The molecule has 0 spiro atoms. The van der Waals surface area contributed by atoms with Crippen LogP contribution >= 0.6 is 11.6 Å². The fourth-order valence-electron chi connectivity index (χ4n) is 3.76. The Balaban J connectivity index is 1.69. The topological polar surface area (TPSA) is 18.5 Å². The summed E-state index contributed by atoms with van der Waals surface area (Å²) in [6, 6.07) is 5.90. The Morgan fingerprint density at radius 3 is 2.79 bits per heavy atom. The lowest BCUT2D eigenvalue weighted by Gasteiger charge is -2.23. The molecule has 3 rings (SSSR count). The third-order valence-electron chi connectivity index (χ3n) is 4.75. The van der Waals surface area contributed by atoms with Crippen LogP contribution in [-0.2, 0) is 5.88 Å². The Morgan fingerprint density at radius 2 is 2.16 bits per heavy atom. The lowest BCUT2D eigenvalue weighted by molar-refractivity contribution is 0.188. The molecule has 2 aliphatic rings. The van der Waals surface area contributed by atoms with E-state index in [0.717, 1.165) is 41.4 Å². The molecular formula is C16H21ClO2. The van der Waals surface area contributed by atoms with Gasteiger partial charge in [0.25, 0.3) is 0 Å². The van der Waals surface area contributed by atoms with Gasteiger partial charge >= 0.3 is 0 Å². The first-order valence-electron chi connectivity index (χ1n) is 7.16. The van der Waals surface area contributed by atoms with Crippen molar-refractivity contribution in [2.75, 3.05) is 13.7 Å². The molecule has 3 unspecified atom stereocenters. The molecule has 2 fully saturated rings. The van der Waals surface area contributed by atoms with Gasteiger partial charge in [-0.15, -0.1) is 11.6 Å². The molecule has 3 atom stereocenters. The number of benzene rings is 1. The van der Waals surface area contributed by atoms with Gasteiger partial charge in [0.1, 0.15) is 0 Å². The van der Waals surface area contributed by atoms with Gasteiger partial charge < -0.3 is 9.47 Å². The van der Waals surface area contributed by atoms with Gasteiger partial charge in [-0.25, -0.2) is 0 Å². The molecule has 0 aromatic heterocycles. The highest BCUT2D eigenvalue weighted by atomic mass is 35.5. The van der Waals surface area contributed by atoms with Crippen molar-refractivity contribution in [2.24, 2.45) is 17.8 Å². The molecule has 104 valence electrons. The Morgan fingerprint density at radius 1 is 1.26 bits per heavy atom. The van der Waals surface area contributed by atoms with Gasteiger partial charge in [-0.2, -0.15) is 0 Å². The molecule has 0 N–H and O–H groups in total. The zero-order chi connectivity index (χ0) is 13.2. The Kier molecular flexibility index (Phi) is 3.88. The van der Waals surface area contributed by atoms with Crippen molar-refractivity contribution in [1.29, 1.82) is 0 Å². The Bertz CT molecular complexity index is 424. The van der Waals surface area contributed by atoms with Gasteiger partial charge in [-0.1, -0.05) is 18.6 Å². The second-order valence-corrected chi connectivity index (χ2v) is 6.10. The number of para-hydroxylation sites is 1. The standard InChI is InChI=1S/C16H21ClO2/c1-18-15-4-2-3-13(9-17)16(15)19-10-14-8-11-5-6-12(14)7-11/h2-4,11-12,14H,5-10H2,1H3. The highest BCUT2D eigenvalue weighted by Gasteiger charge is 2.39. The molecule has 0 amide bonds. The summed E-state index contributed by atoms with van der Waals surface area (Å²) < 4.78 is 11.5. The van der Waals surface area contributed by atoms with Crippen LogP contribution in [0.15, 0.2) is 18.2 Å². The number of hydrogen-bond donors (Lipinski definition) is 0. The second-order valence-electron chi connectivity index (χ2n) is 5.83. The zero-order valence-electron chi connectivity index (χ0n) is 11.4. The molecular weight excluding hydrogens is 260 g/mol. The number of alkyl halides is 1. The fourth-order valence-corrected chi connectivity index (χ4v) is 3.97. The maximum Gasteiger partial charge on any atom is 0.165 e. The van der Waals surface area contributed by atoms with Crippen molar-refractivity contribution in [3.8, 4) is 11.5 Å². The molecule has 19 heavy (non-hydrogen) atoms. The highest BCUT2D eigenvalue weighted by Crippen LogP contribution is 2.48. The van der Waals surface area contributed by atoms with Crippen LogP contribution in [0, 0.1) is 17.8 Å². The summed E-state index contributed by atoms with van der Waals surface area (Å²) in [5.74, 6) is 4.67. The van der Waals surface area contributed by atoms with E-state index in [4.69, 9.17) is 21.1 Å². The molecule has 0 radical (unpaired) electrons. The van der Waals surface area contributed by atoms with E-state index in [-0.39, 0.29) is 0 Å². The summed E-state index contributed by atoms with van der Waals surface area (Å²) in [7, 11) is 1.68. The number of halogens is 1. The Hall–Kier alpha value is -0.890. The number of ether oxygens (including phenoxy) is 2. The first-order valence-corrected chi connectivity index (χ1v) is 7.70. The summed E-state index contributed by atoms with van der Waals surface area (Å²) in [6.07, 6.45) is 5.59. The summed E-state index contributed by atoms with van der Waals surface area (Å²) in [6.45, 7) is 0.811. The molecule has 2 nitrogen and oxygen atoms in total. The van der Waals surface area contributed by atoms with E-state index in [1.54, 1.807) is 7.11 Å². The van der Waals surface area contributed by atoms with Crippen LogP contribution < -0.4 is 9.47 Å². The highest BCUT2D eigenvalue weighted by molar-refractivity contribution is 6.17. The van der Waals surface area contributed by atoms with Gasteiger partial charge in [-0.05, 0) is 43.1 Å². The number of fused-ring (bicyclic) bond motifs is 2. The van der Waals surface area contributed by atoms with E-state index in [9.17, 15) is 0 Å². The van der Waals surface area contributed by atoms with E-state index in [1.165, 1.54) is 25.7 Å². The van der Waals surface area contributed by atoms with Gasteiger partial charge in [0.15, 0.2) is 11.5 Å². The molecule has 1 aromatic carbocycles. The first kappa shape index (κ1) is 13.1. The van der Waals surface area contributed by atoms with Crippen LogP contribution in [0.5, 0.6) is 11.5 Å². The summed E-state index contributed by atoms with van der Waals surface area (Å²) in [5.41, 5.74) is 1.02. The third-order valence-corrected chi connectivity index (χ3v) is 5.04. The SMILES string of the molecule is COc1cccc(CCl)c1OCC1CC2CCC1C2. The molecule has 0 aliphatic heterocycles. The van der Waals surface area contributed by atoms with Crippen molar-refractivity contribution in [2.45, 2.75) is 31.6 Å². The predicted molar refractivity (Wildman–Crippen MR) is 77.0 cm³/mol. The summed E-state index contributed by atoms with van der Waals surface area (Å²) in [4.78, 5) is 0. The molecule has 3 heteroatoms. The van der Waals surface area contributed by atoms with Crippen LogP contribution in [0.25, 0.3) is 0 Å². The maximum absolute atomic E-state index is 6.08. The number of hydrogen-bond acceptors (Lipinski definition) is 2. The van der Waals surface area contributed by atoms with E-state index >= 15 is 0 Å². The van der Waals surface area contributed by atoms with E-state index in [1.807, 2.05) is 18.2 Å². The smallest absolute Gasteiger partial charge is 0.165 e. The lowest BCUT2D eigenvalue weighted by Crippen LogP contribution is -2.19. The fraction of sp³-hybridized carbons (Fsp3) is 0.625. The number of rotatable bonds is 5. The van der Waals surface area contributed by atoms with E-state index in [0.29, 0.717) is 5.88 Å². The van der Waals surface area contributed by atoms with Crippen LogP contribution in [-0.4, -0.2) is 13.7 Å². The summed E-state index contributed by atoms with van der Waals surface area (Å²) >= 11 is 5.98. The molecule has 1 aromatic rings. The zero-order valence-corrected chi connectivity index (χ0v) is 12.2. The summed E-state index contributed by atoms with van der Waals surface area (Å²) in [5, 5.41) is 0. The van der Waals surface area contributed by atoms with Crippen molar-refractivity contribution in [1.82, 2.24) is 0 Å². The van der Waals surface area contributed by atoms with Crippen LogP contribution in [0.2, 0.25) is 0 Å². The van der Waals surface area contributed by atoms with Crippen LogP contribution in [0.3, 0.4) is 0 Å². The van der Waals surface area contributed by atoms with Crippen molar-refractivity contribution in [3.05, 3.63) is 23.8 Å². The predicted octanol–water partition coefficient (Wildman–Crippen LogP) is 4.25. The molecule has 0 saturated heterocycles. The molecule has 2 bridgehead atoms. The van der Waals surface area contributed by atoms with Crippen molar-refractivity contribution < 1.29 is 9.47 Å². The largest absolute Gasteiger partial charge is 0.493 e. The Labute approximate surface area is 120 Å². The second kappa shape index (κ2) is 5.62. The van der Waals surface area contributed by atoms with Crippen molar-refractivity contribution >= 4 is 11.6 Å². The van der Waals surface area contributed by atoms with Crippen LogP contribution in [0.4, 0.5) is 0 Å². The van der Waals surface area contributed by atoms with Gasteiger partial charge in [0, 0.05) is 5.56 Å². The average Bonchev–Trinajstić information content (AvgIpc) is 3.07. The van der Waals surface area contributed by atoms with Crippen LogP contribution in [0.1, 0.15) is 31.2 Å². The first-order chi connectivity index (χ1) is 9.31. The van der Waals surface area contributed by atoms with E-state index < -0.39 is 0 Å².